The first-order valence-corrected chi connectivity index (χ1v) is 8.20. The van der Waals surface area contributed by atoms with Crippen molar-refractivity contribution in [3.05, 3.63) is 50.6 Å². The second-order valence-electron chi connectivity index (χ2n) is 4.59. The van der Waals surface area contributed by atoms with Gasteiger partial charge in [-0.3, -0.25) is 4.79 Å². The van der Waals surface area contributed by atoms with Crippen LogP contribution in [0.5, 0.6) is 5.88 Å². The van der Waals surface area contributed by atoms with E-state index in [0.717, 1.165) is 20.5 Å². The number of carbonyl (C=O) groups is 1. The lowest BCUT2D eigenvalue weighted by Gasteiger charge is -1.99. The number of carboxylic acids is 1. The number of carboxylic acid groups (broad SMARTS) is 1. The highest BCUT2D eigenvalue weighted by atomic mass is 32.1. The van der Waals surface area contributed by atoms with E-state index in [-0.39, 0.29) is 12.3 Å². The number of hydrogen-bond acceptors (Lipinski definition) is 6. The lowest BCUT2D eigenvalue weighted by atomic mass is 10.1. The summed E-state index contributed by atoms with van der Waals surface area (Å²) in [6.45, 7) is 0. The molecule has 0 aliphatic rings. The third kappa shape index (κ3) is 3.32. The first-order chi connectivity index (χ1) is 10.6. The summed E-state index contributed by atoms with van der Waals surface area (Å²) < 4.78 is 0. The van der Waals surface area contributed by atoms with Crippen LogP contribution in [0, 0.1) is 0 Å². The van der Waals surface area contributed by atoms with Crippen LogP contribution >= 0.6 is 22.7 Å². The number of aliphatic carboxylic acids is 1. The average molecular weight is 332 g/mol. The molecule has 5 nitrogen and oxygen atoms in total. The predicted molar refractivity (Wildman–Crippen MR) is 85.5 cm³/mol. The van der Waals surface area contributed by atoms with Crippen molar-refractivity contribution in [1.82, 2.24) is 9.97 Å². The quantitative estimate of drug-likeness (QED) is 0.750. The summed E-state index contributed by atoms with van der Waals surface area (Å²) in [5.41, 5.74) is 1.62. The normalized spacial score (nSPS) is 10.7. The Morgan fingerprint density at radius 2 is 1.91 bits per heavy atom. The number of rotatable bonds is 5. The first-order valence-electron chi connectivity index (χ1n) is 6.51. The Balaban J connectivity index is 1.95. The molecule has 0 amide bonds. The van der Waals surface area contributed by atoms with Crippen LogP contribution in [0.1, 0.15) is 14.9 Å². The van der Waals surface area contributed by atoms with Gasteiger partial charge in [-0.2, -0.15) is 0 Å². The molecule has 0 saturated heterocycles. The molecule has 0 radical (unpaired) electrons. The Kier molecular flexibility index (Phi) is 4.17. The number of thiazole rings is 2. The molecule has 22 heavy (non-hydrogen) atoms. The van der Waals surface area contributed by atoms with Crippen LogP contribution in [0.4, 0.5) is 0 Å². The molecule has 3 aromatic rings. The fourth-order valence-electron chi connectivity index (χ4n) is 2.07. The highest BCUT2D eigenvalue weighted by Gasteiger charge is 2.16. The zero-order valence-electron chi connectivity index (χ0n) is 11.4. The highest BCUT2D eigenvalue weighted by Crippen LogP contribution is 2.30. The molecule has 1 aromatic carbocycles. The van der Waals surface area contributed by atoms with Crippen LogP contribution in [0.3, 0.4) is 0 Å². The minimum atomic E-state index is -0.876. The summed E-state index contributed by atoms with van der Waals surface area (Å²) in [4.78, 5) is 20.4. The molecule has 2 N–H and O–H groups in total. The van der Waals surface area contributed by atoms with E-state index in [2.05, 4.69) is 9.97 Å². The SMILES string of the molecule is O=C(O)Cc1sc(Cc2nc(O)cs2)nc1-c1ccccc1. The van der Waals surface area contributed by atoms with Gasteiger partial charge in [-0.25, -0.2) is 9.97 Å². The summed E-state index contributed by atoms with van der Waals surface area (Å²) in [5.74, 6) is -0.870. The van der Waals surface area contributed by atoms with E-state index in [1.54, 1.807) is 5.38 Å². The van der Waals surface area contributed by atoms with E-state index >= 15 is 0 Å². The standard InChI is InChI=1S/C15H12N2O3S2/c18-11-8-21-12(16-11)7-13-17-15(9-4-2-1-3-5-9)10(22-13)6-14(19)20/h1-5,8,18H,6-7H2,(H,19,20). The lowest BCUT2D eigenvalue weighted by Crippen LogP contribution is -1.99. The largest absolute Gasteiger partial charge is 0.493 e. The van der Waals surface area contributed by atoms with Gasteiger partial charge in [-0.1, -0.05) is 30.3 Å². The Morgan fingerprint density at radius 1 is 1.14 bits per heavy atom. The maximum absolute atomic E-state index is 11.1. The molecule has 3 rings (SSSR count). The first kappa shape index (κ1) is 14.7. The van der Waals surface area contributed by atoms with Gasteiger partial charge >= 0.3 is 5.97 Å². The molecular formula is C15H12N2O3S2. The van der Waals surface area contributed by atoms with Gasteiger partial charge in [0.05, 0.1) is 23.9 Å². The van der Waals surface area contributed by atoms with Gasteiger partial charge in [0.15, 0.2) is 0 Å². The maximum atomic E-state index is 11.1. The van der Waals surface area contributed by atoms with E-state index in [0.29, 0.717) is 12.1 Å². The lowest BCUT2D eigenvalue weighted by molar-refractivity contribution is -0.136. The summed E-state index contributed by atoms with van der Waals surface area (Å²) in [6.07, 6.45) is 0.445. The van der Waals surface area contributed by atoms with Crippen molar-refractivity contribution in [2.24, 2.45) is 0 Å². The molecule has 112 valence electrons. The van der Waals surface area contributed by atoms with Crippen LogP contribution in [-0.4, -0.2) is 26.2 Å². The molecular weight excluding hydrogens is 320 g/mol. The summed E-state index contributed by atoms with van der Waals surface area (Å²) >= 11 is 2.74. The van der Waals surface area contributed by atoms with Crippen LogP contribution in [0.25, 0.3) is 11.3 Å². The molecule has 0 saturated carbocycles. The molecule has 0 spiro atoms. The zero-order valence-corrected chi connectivity index (χ0v) is 13.0. The Labute approximate surface area is 134 Å². The van der Waals surface area contributed by atoms with E-state index < -0.39 is 5.97 Å². The predicted octanol–water partition coefficient (Wildman–Crippen LogP) is 3.19. The van der Waals surface area contributed by atoms with Crippen molar-refractivity contribution in [3.8, 4) is 17.1 Å². The fourth-order valence-corrected chi connectivity index (χ4v) is 3.90. The van der Waals surface area contributed by atoms with E-state index in [1.165, 1.54) is 22.7 Å². The van der Waals surface area contributed by atoms with Gasteiger partial charge in [0.2, 0.25) is 5.88 Å². The number of aromatic nitrogens is 2. The minimum Gasteiger partial charge on any atom is -0.493 e. The molecule has 0 fully saturated rings. The number of aromatic hydroxyl groups is 1. The van der Waals surface area contributed by atoms with Crippen LogP contribution in [0.2, 0.25) is 0 Å². The third-order valence-corrected chi connectivity index (χ3v) is 4.83. The van der Waals surface area contributed by atoms with Gasteiger partial charge in [0.25, 0.3) is 0 Å². The van der Waals surface area contributed by atoms with Gasteiger partial charge in [0.1, 0.15) is 10.0 Å². The summed E-state index contributed by atoms with van der Waals surface area (Å²) in [5, 5.41) is 21.5. The molecule has 0 aliphatic heterocycles. The second-order valence-corrected chi connectivity index (χ2v) is 6.70. The molecule has 2 aromatic heterocycles. The fraction of sp³-hybridized carbons (Fsp3) is 0.133. The van der Waals surface area contributed by atoms with Crippen LogP contribution < -0.4 is 0 Å². The molecule has 2 heterocycles. The minimum absolute atomic E-state index is 0.00518. The highest BCUT2D eigenvalue weighted by molar-refractivity contribution is 7.12. The van der Waals surface area contributed by atoms with Crippen molar-refractivity contribution in [2.45, 2.75) is 12.8 Å². The third-order valence-electron chi connectivity index (χ3n) is 2.94. The summed E-state index contributed by atoms with van der Waals surface area (Å²) in [6, 6.07) is 9.54. The average Bonchev–Trinajstić information content (AvgIpc) is 3.06. The maximum Gasteiger partial charge on any atom is 0.308 e. The van der Waals surface area contributed by atoms with Gasteiger partial charge < -0.3 is 10.2 Å². The smallest absolute Gasteiger partial charge is 0.308 e. The Hall–Kier alpha value is -2.25. The number of benzene rings is 1. The molecule has 0 atom stereocenters. The summed E-state index contributed by atoms with van der Waals surface area (Å²) in [7, 11) is 0. The van der Waals surface area contributed by atoms with E-state index in [9.17, 15) is 9.90 Å². The van der Waals surface area contributed by atoms with E-state index in [4.69, 9.17) is 5.11 Å². The molecule has 0 unspecified atom stereocenters. The molecule has 7 heteroatoms. The van der Waals surface area contributed by atoms with Crippen LogP contribution in [0.15, 0.2) is 35.7 Å². The molecule has 0 bridgehead atoms. The molecule has 0 aliphatic carbocycles. The number of hydrogen-bond donors (Lipinski definition) is 2. The van der Waals surface area contributed by atoms with E-state index in [1.807, 2.05) is 30.3 Å². The Bertz CT molecular complexity index is 796. The van der Waals surface area contributed by atoms with Crippen molar-refractivity contribution in [2.75, 3.05) is 0 Å². The van der Waals surface area contributed by atoms with Gasteiger partial charge in [-0.05, 0) is 0 Å². The van der Waals surface area contributed by atoms with Crippen molar-refractivity contribution < 1.29 is 15.0 Å². The van der Waals surface area contributed by atoms with Gasteiger partial charge in [0, 0.05) is 10.4 Å². The van der Waals surface area contributed by atoms with Crippen molar-refractivity contribution in [1.29, 1.82) is 0 Å². The topological polar surface area (TPSA) is 83.3 Å². The van der Waals surface area contributed by atoms with Gasteiger partial charge in [-0.15, -0.1) is 22.7 Å². The van der Waals surface area contributed by atoms with Crippen molar-refractivity contribution >= 4 is 28.6 Å². The zero-order chi connectivity index (χ0) is 15.5. The monoisotopic (exact) mass is 332 g/mol. The number of nitrogens with zero attached hydrogens (tertiary/aromatic N) is 2. The second kappa shape index (κ2) is 6.25. The van der Waals surface area contributed by atoms with Crippen LogP contribution in [-0.2, 0) is 17.6 Å². The van der Waals surface area contributed by atoms with Crippen molar-refractivity contribution in [3.63, 3.8) is 0 Å². The Morgan fingerprint density at radius 3 is 2.55 bits per heavy atom.